The first-order valence-electron chi connectivity index (χ1n) is 10.3. The van der Waals surface area contributed by atoms with E-state index in [2.05, 4.69) is 0 Å². The summed E-state index contributed by atoms with van der Waals surface area (Å²) in [6, 6.07) is 1.17. The van der Waals surface area contributed by atoms with Crippen LogP contribution in [0.25, 0.3) is 0 Å². The van der Waals surface area contributed by atoms with Crippen LogP contribution in [0.5, 0.6) is 5.75 Å². The van der Waals surface area contributed by atoms with Crippen LogP contribution in [0, 0.1) is 23.7 Å². The van der Waals surface area contributed by atoms with Gasteiger partial charge in [-0.05, 0) is 39.6 Å². The highest BCUT2D eigenvalue weighted by atomic mass is 35.5. The van der Waals surface area contributed by atoms with Gasteiger partial charge in [0.05, 0.1) is 23.1 Å². The van der Waals surface area contributed by atoms with Crippen molar-refractivity contribution in [2.24, 2.45) is 29.4 Å². The number of hydrogen-bond donors (Lipinski definition) is 4. The van der Waals surface area contributed by atoms with Crippen LogP contribution in [0.2, 0.25) is 5.02 Å². The van der Waals surface area contributed by atoms with Crippen molar-refractivity contribution in [3.8, 4) is 5.75 Å². The van der Waals surface area contributed by atoms with E-state index in [1.54, 1.807) is 0 Å². The van der Waals surface area contributed by atoms with Gasteiger partial charge >= 0.3 is 0 Å². The molecule has 2 saturated carbocycles. The lowest BCUT2D eigenvalue weighted by Crippen LogP contribution is -2.75. The summed E-state index contributed by atoms with van der Waals surface area (Å²) < 4.78 is 0. The van der Waals surface area contributed by atoms with Crippen molar-refractivity contribution in [1.82, 2.24) is 4.90 Å². The quantitative estimate of drug-likeness (QED) is 0.396. The van der Waals surface area contributed by atoms with Gasteiger partial charge in [0.1, 0.15) is 5.75 Å². The maximum Gasteiger partial charge on any atom is 0.235 e. The number of rotatable bonds is 2. The number of likely N-dealkylation sites (N-methyl/N-ethyl adjacent to an activating group) is 1. The predicted octanol–water partition coefficient (Wildman–Crippen LogP) is -0.815. The number of fused-ring (bicyclic) bond motifs is 3. The second kappa shape index (κ2) is 7.17. The Morgan fingerprint density at radius 2 is 1.73 bits per heavy atom. The van der Waals surface area contributed by atoms with Crippen LogP contribution < -0.4 is 5.73 Å². The van der Waals surface area contributed by atoms with E-state index in [4.69, 9.17) is 17.3 Å². The minimum Gasteiger partial charge on any atom is -0.507 e. The highest BCUT2D eigenvalue weighted by Gasteiger charge is 2.71. The topological polar surface area (TPSA) is 175 Å². The van der Waals surface area contributed by atoms with Crippen molar-refractivity contribution in [3.63, 3.8) is 0 Å². The third-order valence-electron chi connectivity index (χ3n) is 7.43. The summed E-state index contributed by atoms with van der Waals surface area (Å²) in [6.07, 6.45) is -0.289. The molecule has 11 heteroatoms. The van der Waals surface area contributed by atoms with Crippen LogP contribution in [0.1, 0.15) is 29.3 Å². The van der Waals surface area contributed by atoms with Crippen molar-refractivity contribution in [2.75, 3.05) is 14.1 Å². The van der Waals surface area contributed by atoms with Gasteiger partial charge in [-0.3, -0.25) is 28.9 Å². The molecule has 0 aromatic heterocycles. The molecule has 0 bridgehead atoms. The fourth-order valence-electron chi connectivity index (χ4n) is 5.95. The van der Waals surface area contributed by atoms with Gasteiger partial charge in [0.2, 0.25) is 5.91 Å². The van der Waals surface area contributed by atoms with E-state index in [-0.39, 0.29) is 22.6 Å². The summed E-state index contributed by atoms with van der Waals surface area (Å²) in [6.45, 7) is 1.32. The zero-order valence-corrected chi connectivity index (χ0v) is 18.8. The largest absolute Gasteiger partial charge is 0.507 e. The number of primary amides is 1. The SMILES string of the molecule is CN(C)[C@@H]1C(=O)[C@H](C(N)=O)C(=O)[C@@]2(O)C(=O)[C@H]3C(=O)c4c(O)ccc(Cl)c4[C@@](C)(O)[C@H]3C[C@@H]12. The maximum absolute atomic E-state index is 13.7. The third kappa shape index (κ3) is 2.81. The molecule has 2 fully saturated rings. The first kappa shape index (κ1) is 23.5. The van der Waals surface area contributed by atoms with Crippen molar-refractivity contribution in [1.29, 1.82) is 0 Å². The Labute approximate surface area is 193 Å². The Morgan fingerprint density at radius 1 is 1.12 bits per heavy atom. The molecular weight excluding hydrogens is 456 g/mol. The van der Waals surface area contributed by atoms with Crippen LogP contribution in [-0.4, -0.2) is 75.0 Å². The molecule has 0 unspecified atom stereocenters. The Bertz CT molecular complexity index is 1150. The summed E-state index contributed by atoms with van der Waals surface area (Å²) in [4.78, 5) is 66.6. The van der Waals surface area contributed by atoms with Crippen LogP contribution in [0.4, 0.5) is 0 Å². The van der Waals surface area contributed by atoms with Gasteiger partial charge in [0, 0.05) is 22.4 Å². The van der Waals surface area contributed by atoms with E-state index in [9.17, 15) is 39.3 Å². The fourth-order valence-corrected chi connectivity index (χ4v) is 6.30. The number of nitrogens with two attached hydrogens (primary N) is 1. The Balaban J connectivity index is 1.97. The number of ketones is 4. The van der Waals surface area contributed by atoms with Gasteiger partial charge in [-0.25, -0.2) is 0 Å². The van der Waals surface area contributed by atoms with Gasteiger partial charge in [-0.2, -0.15) is 0 Å². The standard InChI is InChI=1S/C22H23ClN2O8/c1-21(32)7-6-8-15(25(2)3)17(28)13(20(24)31)19(30)22(8,33)18(29)11(7)16(27)12-10(26)5-4-9(23)14(12)21/h4-5,7-8,11,13,15,26,32-33H,6H2,1-3H3,(H2,24,31)/t7-,8-,11+,13-,15-,21-,22-/m0/s1. The van der Waals surface area contributed by atoms with Crippen molar-refractivity contribution >= 4 is 40.6 Å². The molecule has 10 nitrogen and oxygen atoms in total. The Hall–Kier alpha value is -2.66. The number of halogens is 1. The van der Waals surface area contributed by atoms with Crippen LogP contribution in [0.15, 0.2) is 12.1 Å². The van der Waals surface area contributed by atoms with Crippen molar-refractivity contribution < 1.29 is 39.3 Å². The Kier molecular flexibility index (Phi) is 5.10. The molecule has 0 radical (unpaired) electrons. The number of amides is 1. The molecule has 5 N–H and O–H groups in total. The lowest BCUT2D eigenvalue weighted by molar-refractivity contribution is -0.188. The van der Waals surface area contributed by atoms with E-state index >= 15 is 0 Å². The number of phenols is 1. The van der Waals surface area contributed by atoms with E-state index in [0.29, 0.717) is 0 Å². The van der Waals surface area contributed by atoms with Gasteiger partial charge in [0.25, 0.3) is 0 Å². The van der Waals surface area contributed by atoms with E-state index < -0.39 is 75.7 Å². The molecule has 3 aliphatic rings. The number of aromatic hydroxyl groups is 1. The molecule has 176 valence electrons. The first-order valence-corrected chi connectivity index (χ1v) is 10.7. The number of benzene rings is 1. The minimum atomic E-state index is -2.86. The molecular formula is C22H23ClN2O8. The molecule has 1 aromatic rings. The molecule has 1 aromatic carbocycles. The number of aliphatic hydroxyl groups is 2. The summed E-state index contributed by atoms with van der Waals surface area (Å²) in [5.74, 6) is -12.5. The highest BCUT2D eigenvalue weighted by molar-refractivity contribution is 6.34. The summed E-state index contributed by atoms with van der Waals surface area (Å²) in [7, 11) is 2.95. The normalized spacial score (nSPS) is 38.1. The summed E-state index contributed by atoms with van der Waals surface area (Å²) >= 11 is 6.25. The molecule has 0 heterocycles. The molecule has 0 saturated heterocycles. The molecule has 0 aliphatic heterocycles. The number of hydrogen-bond acceptors (Lipinski definition) is 9. The van der Waals surface area contributed by atoms with Gasteiger partial charge < -0.3 is 21.1 Å². The third-order valence-corrected chi connectivity index (χ3v) is 7.75. The van der Waals surface area contributed by atoms with Crippen LogP contribution in [0.3, 0.4) is 0 Å². The predicted molar refractivity (Wildman–Crippen MR) is 112 cm³/mol. The van der Waals surface area contributed by atoms with E-state index in [1.807, 2.05) is 0 Å². The number of carbonyl (C=O) groups excluding carboxylic acids is 5. The maximum atomic E-state index is 13.7. The zero-order chi connectivity index (χ0) is 24.8. The Morgan fingerprint density at radius 3 is 2.27 bits per heavy atom. The smallest absolute Gasteiger partial charge is 0.235 e. The first-order chi connectivity index (χ1) is 15.2. The average Bonchev–Trinajstić information content (AvgIpc) is 2.69. The number of carbonyl (C=O) groups is 5. The molecule has 4 rings (SSSR count). The number of phenolic OH excluding ortho intramolecular Hbond substituents is 1. The molecule has 0 spiro atoms. The summed E-state index contributed by atoms with van der Waals surface area (Å²) in [5, 5.41) is 33.3. The number of Topliss-reactive ketones (excluding diaryl/α,β-unsaturated/α-hetero) is 4. The number of nitrogens with zero attached hydrogens (tertiary/aromatic N) is 1. The minimum absolute atomic E-state index is 0.0124. The van der Waals surface area contributed by atoms with Gasteiger partial charge in [-0.15, -0.1) is 0 Å². The van der Waals surface area contributed by atoms with Gasteiger partial charge in [0.15, 0.2) is 34.7 Å². The van der Waals surface area contributed by atoms with Crippen LogP contribution >= 0.6 is 11.6 Å². The lowest BCUT2D eigenvalue weighted by atomic mass is 9.49. The molecule has 3 aliphatic carbocycles. The summed E-state index contributed by atoms with van der Waals surface area (Å²) in [5.41, 5.74) is 0.0293. The lowest BCUT2D eigenvalue weighted by Gasteiger charge is -2.55. The second-order valence-corrected chi connectivity index (χ2v) is 9.80. The van der Waals surface area contributed by atoms with Gasteiger partial charge in [-0.1, -0.05) is 11.6 Å². The molecule has 33 heavy (non-hydrogen) atoms. The fraction of sp³-hybridized carbons (Fsp3) is 0.500. The van der Waals surface area contributed by atoms with Crippen molar-refractivity contribution in [2.45, 2.75) is 30.6 Å². The molecule has 7 atom stereocenters. The molecule has 1 amide bonds. The second-order valence-electron chi connectivity index (χ2n) is 9.40. The van der Waals surface area contributed by atoms with E-state index in [0.717, 1.165) is 6.07 Å². The highest BCUT2D eigenvalue weighted by Crippen LogP contribution is 2.56. The monoisotopic (exact) mass is 478 g/mol. The average molecular weight is 479 g/mol. The van der Waals surface area contributed by atoms with E-state index in [1.165, 1.54) is 32.0 Å². The van der Waals surface area contributed by atoms with Crippen LogP contribution in [-0.2, 0) is 24.8 Å². The van der Waals surface area contributed by atoms with Crippen molar-refractivity contribution in [3.05, 3.63) is 28.3 Å². The zero-order valence-electron chi connectivity index (χ0n) is 18.0.